The fraction of sp³-hybridized carbons (Fsp3) is 0.611. The number of hydrogen-bond acceptors (Lipinski definition) is 4. The Balaban J connectivity index is 1.89. The van der Waals surface area contributed by atoms with E-state index in [0.717, 1.165) is 32.1 Å². The molecule has 1 aromatic carbocycles. The van der Waals surface area contributed by atoms with Crippen LogP contribution in [-0.4, -0.2) is 33.0 Å². The van der Waals surface area contributed by atoms with Crippen LogP contribution in [0.2, 0.25) is 0 Å². The van der Waals surface area contributed by atoms with Gasteiger partial charge in [0.05, 0.1) is 4.90 Å². The molecular formula is C18H28N2O4S. The number of ether oxygens (including phenoxy) is 1. The molecule has 0 radical (unpaired) electrons. The van der Waals surface area contributed by atoms with Crippen LogP contribution in [0, 0.1) is 0 Å². The molecular weight excluding hydrogens is 340 g/mol. The van der Waals surface area contributed by atoms with Crippen molar-refractivity contribution in [1.82, 2.24) is 10.0 Å². The first-order valence-corrected chi connectivity index (χ1v) is 10.4. The average molecular weight is 368 g/mol. The van der Waals surface area contributed by atoms with Gasteiger partial charge in [-0.2, -0.15) is 0 Å². The summed E-state index contributed by atoms with van der Waals surface area (Å²) in [6.45, 7) is 3.83. The topological polar surface area (TPSA) is 84.5 Å². The first kappa shape index (κ1) is 19.7. The van der Waals surface area contributed by atoms with Gasteiger partial charge in [-0.05, 0) is 50.5 Å². The van der Waals surface area contributed by atoms with Crippen molar-refractivity contribution in [3.63, 3.8) is 0 Å². The minimum Gasteiger partial charge on any atom is -0.484 e. The highest BCUT2D eigenvalue weighted by Crippen LogP contribution is 2.21. The van der Waals surface area contributed by atoms with Crippen molar-refractivity contribution in [1.29, 1.82) is 0 Å². The van der Waals surface area contributed by atoms with Crippen LogP contribution in [0.4, 0.5) is 0 Å². The normalized spacial score (nSPS) is 17.0. The number of nitrogens with one attached hydrogen (secondary N) is 2. The molecule has 0 spiro atoms. The summed E-state index contributed by atoms with van der Waals surface area (Å²) >= 11 is 0. The standard InChI is InChI=1S/C18H28N2O4S/c1-3-14(2)19-18(21)13-24-16-9-11-17(12-10-16)25(22,23)20-15-7-5-4-6-8-15/h9-12,14-15,20H,3-8,13H2,1-2H3,(H,19,21)/t14-/m1/s1. The molecule has 1 aliphatic carbocycles. The SMILES string of the molecule is CC[C@@H](C)NC(=O)COc1ccc(S(=O)(=O)NC2CCCCC2)cc1. The second-order valence-corrected chi connectivity index (χ2v) is 8.31. The van der Waals surface area contributed by atoms with E-state index < -0.39 is 10.0 Å². The van der Waals surface area contributed by atoms with Gasteiger partial charge in [-0.25, -0.2) is 13.1 Å². The number of hydrogen-bond donors (Lipinski definition) is 2. The second-order valence-electron chi connectivity index (χ2n) is 6.59. The predicted molar refractivity (Wildman–Crippen MR) is 97.0 cm³/mol. The minimum absolute atomic E-state index is 0.0268. The predicted octanol–water partition coefficient (Wildman–Crippen LogP) is 2.59. The minimum atomic E-state index is -3.51. The zero-order valence-electron chi connectivity index (χ0n) is 15.0. The molecule has 0 bridgehead atoms. The Morgan fingerprint density at radius 1 is 1.20 bits per heavy atom. The van der Waals surface area contributed by atoms with Crippen molar-refractivity contribution in [2.75, 3.05) is 6.61 Å². The molecule has 7 heteroatoms. The molecule has 140 valence electrons. The molecule has 0 aromatic heterocycles. The highest BCUT2D eigenvalue weighted by atomic mass is 32.2. The first-order valence-electron chi connectivity index (χ1n) is 8.95. The Morgan fingerprint density at radius 3 is 2.44 bits per heavy atom. The van der Waals surface area contributed by atoms with Gasteiger partial charge in [-0.1, -0.05) is 26.2 Å². The molecule has 1 saturated carbocycles. The summed E-state index contributed by atoms with van der Waals surface area (Å²) in [5.41, 5.74) is 0. The van der Waals surface area contributed by atoms with Crippen LogP contribution in [-0.2, 0) is 14.8 Å². The lowest BCUT2D eigenvalue weighted by molar-refractivity contribution is -0.123. The van der Waals surface area contributed by atoms with Gasteiger partial charge in [-0.15, -0.1) is 0 Å². The Morgan fingerprint density at radius 2 is 1.84 bits per heavy atom. The van der Waals surface area contributed by atoms with E-state index in [0.29, 0.717) is 5.75 Å². The van der Waals surface area contributed by atoms with Crippen molar-refractivity contribution in [2.45, 2.75) is 69.4 Å². The number of carbonyl (C=O) groups is 1. The van der Waals surface area contributed by atoms with Gasteiger partial charge in [0, 0.05) is 12.1 Å². The van der Waals surface area contributed by atoms with E-state index in [9.17, 15) is 13.2 Å². The van der Waals surface area contributed by atoms with Crippen LogP contribution >= 0.6 is 0 Å². The van der Waals surface area contributed by atoms with Gasteiger partial charge in [0.2, 0.25) is 10.0 Å². The number of rotatable bonds is 8. The lowest BCUT2D eigenvalue weighted by Gasteiger charge is -2.22. The average Bonchev–Trinajstić information content (AvgIpc) is 2.60. The van der Waals surface area contributed by atoms with Gasteiger partial charge in [0.25, 0.3) is 5.91 Å². The third kappa shape index (κ3) is 6.32. The van der Waals surface area contributed by atoms with Crippen molar-refractivity contribution < 1.29 is 17.9 Å². The maximum atomic E-state index is 12.4. The summed E-state index contributed by atoms with van der Waals surface area (Å²) in [4.78, 5) is 11.9. The van der Waals surface area contributed by atoms with Crippen molar-refractivity contribution >= 4 is 15.9 Å². The summed E-state index contributed by atoms with van der Waals surface area (Å²) < 4.78 is 33.0. The summed E-state index contributed by atoms with van der Waals surface area (Å²) in [5, 5.41) is 2.81. The third-order valence-corrected chi connectivity index (χ3v) is 5.99. The van der Waals surface area contributed by atoms with E-state index in [4.69, 9.17) is 4.74 Å². The highest BCUT2D eigenvalue weighted by Gasteiger charge is 2.21. The van der Waals surface area contributed by atoms with Crippen LogP contribution in [0.3, 0.4) is 0 Å². The quantitative estimate of drug-likeness (QED) is 0.739. The smallest absolute Gasteiger partial charge is 0.258 e. The first-order chi connectivity index (χ1) is 11.9. The van der Waals surface area contributed by atoms with Gasteiger partial charge < -0.3 is 10.1 Å². The summed E-state index contributed by atoms with van der Waals surface area (Å²) in [6.07, 6.45) is 5.95. The lowest BCUT2D eigenvalue weighted by atomic mass is 9.96. The maximum absolute atomic E-state index is 12.4. The van der Waals surface area contributed by atoms with Crippen molar-refractivity contribution in [3.05, 3.63) is 24.3 Å². The largest absolute Gasteiger partial charge is 0.484 e. The van der Waals surface area contributed by atoms with E-state index in [1.807, 2.05) is 13.8 Å². The maximum Gasteiger partial charge on any atom is 0.258 e. The third-order valence-electron chi connectivity index (χ3n) is 4.45. The fourth-order valence-corrected chi connectivity index (χ4v) is 4.10. The molecule has 1 fully saturated rings. The Hall–Kier alpha value is -1.60. The zero-order valence-corrected chi connectivity index (χ0v) is 15.8. The molecule has 2 rings (SSSR count). The summed E-state index contributed by atoms with van der Waals surface area (Å²) in [7, 11) is -3.51. The van der Waals surface area contributed by atoms with Crippen LogP contribution in [0.5, 0.6) is 5.75 Å². The molecule has 1 aromatic rings. The van der Waals surface area contributed by atoms with E-state index in [-0.39, 0.29) is 29.5 Å². The zero-order chi connectivity index (χ0) is 18.3. The Labute approximate surface area is 150 Å². The van der Waals surface area contributed by atoms with Gasteiger partial charge in [0.15, 0.2) is 6.61 Å². The molecule has 25 heavy (non-hydrogen) atoms. The van der Waals surface area contributed by atoms with Crippen LogP contribution in [0.25, 0.3) is 0 Å². The van der Waals surface area contributed by atoms with E-state index in [1.54, 1.807) is 12.1 Å². The Kier molecular flexibility index (Phi) is 7.25. The van der Waals surface area contributed by atoms with Crippen LogP contribution in [0.1, 0.15) is 52.4 Å². The number of sulfonamides is 1. The number of carbonyl (C=O) groups excluding carboxylic acids is 1. The van der Waals surface area contributed by atoms with Crippen LogP contribution < -0.4 is 14.8 Å². The van der Waals surface area contributed by atoms with Gasteiger partial charge in [-0.3, -0.25) is 4.79 Å². The molecule has 6 nitrogen and oxygen atoms in total. The molecule has 1 atom stereocenters. The van der Waals surface area contributed by atoms with Gasteiger partial charge >= 0.3 is 0 Å². The molecule has 0 saturated heterocycles. The summed E-state index contributed by atoms with van der Waals surface area (Å²) in [5.74, 6) is 0.279. The van der Waals surface area contributed by atoms with Crippen molar-refractivity contribution in [3.8, 4) is 5.75 Å². The van der Waals surface area contributed by atoms with Crippen LogP contribution in [0.15, 0.2) is 29.2 Å². The molecule has 1 amide bonds. The lowest BCUT2D eigenvalue weighted by Crippen LogP contribution is -2.36. The summed E-state index contributed by atoms with van der Waals surface area (Å²) in [6, 6.07) is 6.30. The van der Waals surface area contributed by atoms with Gasteiger partial charge in [0.1, 0.15) is 5.75 Å². The number of benzene rings is 1. The molecule has 0 heterocycles. The Bertz CT molecular complexity index is 652. The molecule has 1 aliphatic rings. The monoisotopic (exact) mass is 368 g/mol. The molecule has 0 unspecified atom stereocenters. The van der Waals surface area contributed by atoms with Crippen molar-refractivity contribution in [2.24, 2.45) is 0 Å². The van der Waals surface area contributed by atoms with E-state index in [1.165, 1.54) is 18.6 Å². The fourth-order valence-electron chi connectivity index (χ4n) is 2.79. The highest BCUT2D eigenvalue weighted by molar-refractivity contribution is 7.89. The van der Waals surface area contributed by atoms with E-state index in [2.05, 4.69) is 10.0 Å². The van der Waals surface area contributed by atoms with E-state index >= 15 is 0 Å². The molecule has 0 aliphatic heterocycles. The second kappa shape index (κ2) is 9.20. The number of amides is 1. The molecule has 2 N–H and O–H groups in total.